The van der Waals surface area contributed by atoms with E-state index in [1.54, 1.807) is 6.20 Å². The number of hydrogen-bond acceptors (Lipinski definition) is 7. The highest BCUT2D eigenvalue weighted by atomic mass is 16.5. The Morgan fingerprint density at radius 3 is 2.66 bits per heavy atom. The summed E-state index contributed by atoms with van der Waals surface area (Å²) in [5.74, 6) is 0.605. The van der Waals surface area contributed by atoms with Gasteiger partial charge in [0.25, 0.3) is 5.71 Å². The second-order valence-corrected chi connectivity index (χ2v) is 7.87. The molecule has 8 heteroatoms. The third-order valence-corrected chi connectivity index (χ3v) is 5.46. The second-order valence-electron chi connectivity index (χ2n) is 7.87. The molecule has 0 fully saturated rings. The van der Waals surface area contributed by atoms with E-state index in [9.17, 15) is 4.79 Å². The van der Waals surface area contributed by atoms with E-state index >= 15 is 0 Å². The second kappa shape index (κ2) is 7.96. The largest absolute Gasteiger partial charge is 0.481 e. The van der Waals surface area contributed by atoms with Crippen molar-refractivity contribution >= 4 is 17.2 Å². The number of benzene rings is 2. The van der Waals surface area contributed by atoms with Crippen LogP contribution in [0.2, 0.25) is 0 Å². The SMILES string of the molecule is Cc1cc(-c2nc3cnc(Oc4ccc5c(c4)CCC5)nc3o2)cc(C)c1OCC(=O)O. The van der Waals surface area contributed by atoms with Gasteiger partial charge in [-0.05, 0) is 79.6 Å². The van der Waals surface area contributed by atoms with E-state index < -0.39 is 12.6 Å². The van der Waals surface area contributed by atoms with E-state index in [-0.39, 0.29) is 6.01 Å². The van der Waals surface area contributed by atoms with Gasteiger partial charge in [-0.25, -0.2) is 14.8 Å². The summed E-state index contributed by atoms with van der Waals surface area (Å²) >= 11 is 0. The van der Waals surface area contributed by atoms with Crippen LogP contribution in [0.1, 0.15) is 28.7 Å². The molecule has 0 spiro atoms. The molecule has 2 heterocycles. The summed E-state index contributed by atoms with van der Waals surface area (Å²) in [6, 6.07) is 9.94. The lowest BCUT2D eigenvalue weighted by Gasteiger charge is -2.11. The van der Waals surface area contributed by atoms with Crippen LogP contribution < -0.4 is 9.47 Å². The van der Waals surface area contributed by atoms with Crippen molar-refractivity contribution in [3.05, 3.63) is 58.8 Å². The van der Waals surface area contributed by atoms with Gasteiger partial charge < -0.3 is 19.0 Å². The predicted octanol–water partition coefficient (Wildman–Crippen LogP) is 4.65. The minimum atomic E-state index is -1.02. The molecule has 1 aliphatic rings. The van der Waals surface area contributed by atoms with Crippen LogP contribution in [0.5, 0.6) is 17.5 Å². The lowest BCUT2D eigenvalue weighted by molar-refractivity contribution is -0.139. The maximum absolute atomic E-state index is 10.8. The molecule has 2 aromatic carbocycles. The number of oxazole rings is 1. The van der Waals surface area contributed by atoms with Crippen LogP contribution in [-0.2, 0) is 17.6 Å². The molecule has 0 saturated heterocycles. The minimum absolute atomic E-state index is 0.197. The van der Waals surface area contributed by atoms with Crippen molar-refractivity contribution in [3.8, 4) is 29.0 Å². The molecule has 0 aliphatic heterocycles. The molecule has 32 heavy (non-hydrogen) atoms. The molecule has 0 unspecified atom stereocenters. The first-order valence-corrected chi connectivity index (χ1v) is 10.4. The van der Waals surface area contributed by atoms with Gasteiger partial charge >= 0.3 is 12.0 Å². The van der Waals surface area contributed by atoms with Crippen LogP contribution in [0.25, 0.3) is 22.7 Å². The number of aliphatic carboxylic acids is 1. The van der Waals surface area contributed by atoms with Crippen LogP contribution in [-0.4, -0.2) is 32.6 Å². The number of carboxylic acid groups (broad SMARTS) is 1. The number of carbonyl (C=O) groups is 1. The van der Waals surface area contributed by atoms with Gasteiger partial charge in [-0.1, -0.05) is 6.07 Å². The molecule has 8 nitrogen and oxygen atoms in total. The fourth-order valence-corrected chi connectivity index (χ4v) is 4.05. The monoisotopic (exact) mass is 431 g/mol. The molecular weight excluding hydrogens is 410 g/mol. The van der Waals surface area contributed by atoms with Crippen LogP contribution in [0.3, 0.4) is 0 Å². The van der Waals surface area contributed by atoms with Crippen molar-refractivity contribution in [2.45, 2.75) is 33.1 Å². The molecular formula is C24H21N3O5. The zero-order valence-electron chi connectivity index (χ0n) is 17.7. The standard InChI is InChI=1S/C24H21N3O5/c1-13-8-17(9-14(2)21(13)30-12-20(28)29)22-26-19-11-25-24(27-23(19)32-22)31-18-7-6-15-4-3-5-16(15)10-18/h6-11H,3-5,12H2,1-2H3,(H,28,29). The summed E-state index contributed by atoms with van der Waals surface area (Å²) in [4.78, 5) is 23.9. The first-order valence-electron chi connectivity index (χ1n) is 10.4. The Hall–Kier alpha value is -3.94. The number of aromatic nitrogens is 3. The Morgan fingerprint density at radius 1 is 1.09 bits per heavy atom. The average Bonchev–Trinajstić information content (AvgIpc) is 3.39. The molecule has 5 rings (SSSR count). The van der Waals surface area contributed by atoms with E-state index in [4.69, 9.17) is 19.0 Å². The Bertz CT molecular complexity index is 1320. The van der Waals surface area contributed by atoms with Crippen molar-refractivity contribution in [2.75, 3.05) is 6.61 Å². The number of rotatable bonds is 6. The van der Waals surface area contributed by atoms with Crippen LogP contribution in [0.4, 0.5) is 0 Å². The highest BCUT2D eigenvalue weighted by Gasteiger charge is 2.16. The van der Waals surface area contributed by atoms with E-state index in [1.165, 1.54) is 17.5 Å². The Labute approximate surface area is 183 Å². The van der Waals surface area contributed by atoms with Gasteiger partial charge in [-0.3, -0.25) is 0 Å². The van der Waals surface area contributed by atoms with Gasteiger partial charge in [0, 0.05) is 5.56 Å². The van der Waals surface area contributed by atoms with Gasteiger partial charge in [0.1, 0.15) is 17.0 Å². The average molecular weight is 431 g/mol. The smallest absolute Gasteiger partial charge is 0.341 e. The number of fused-ring (bicyclic) bond motifs is 2. The van der Waals surface area contributed by atoms with Crippen molar-refractivity contribution < 1.29 is 23.8 Å². The quantitative estimate of drug-likeness (QED) is 0.470. The third kappa shape index (κ3) is 3.87. The summed E-state index contributed by atoms with van der Waals surface area (Å²) in [5.41, 5.74) is 5.84. The van der Waals surface area contributed by atoms with Crippen LogP contribution in [0.15, 0.2) is 40.9 Å². The minimum Gasteiger partial charge on any atom is -0.481 e. The molecule has 0 atom stereocenters. The number of carboxylic acids is 1. The third-order valence-electron chi connectivity index (χ3n) is 5.46. The van der Waals surface area contributed by atoms with E-state index in [0.717, 1.165) is 29.5 Å². The highest BCUT2D eigenvalue weighted by molar-refractivity contribution is 5.73. The first-order chi connectivity index (χ1) is 15.5. The molecule has 2 aromatic heterocycles. The Morgan fingerprint density at radius 2 is 1.88 bits per heavy atom. The van der Waals surface area contributed by atoms with Gasteiger partial charge in [0.05, 0.1) is 6.20 Å². The molecule has 0 radical (unpaired) electrons. The van der Waals surface area contributed by atoms with Gasteiger partial charge in [-0.15, -0.1) is 0 Å². The summed E-state index contributed by atoms with van der Waals surface area (Å²) < 4.78 is 17.1. The number of nitrogens with zero attached hydrogens (tertiary/aromatic N) is 3. The van der Waals surface area contributed by atoms with Crippen molar-refractivity contribution in [1.29, 1.82) is 0 Å². The van der Waals surface area contributed by atoms with Crippen LogP contribution in [0, 0.1) is 13.8 Å². The topological polar surface area (TPSA) is 108 Å². The number of hydrogen-bond donors (Lipinski definition) is 1. The Balaban J connectivity index is 1.41. The van der Waals surface area contributed by atoms with Gasteiger partial charge in [-0.2, -0.15) is 4.98 Å². The molecule has 0 bridgehead atoms. The molecule has 0 amide bonds. The van der Waals surface area contributed by atoms with E-state index in [2.05, 4.69) is 21.0 Å². The zero-order chi connectivity index (χ0) is 22.2. The zero-order valence-corrected chi connectivity index (χ0v) is 17.7. The molecule has 4 aromatic rings. The lowest BCUT2D eigenvalue weighted by atomic mass is 10.1. The summed E-state index contributed by atoms with van der Waals surface area (Å²) in [7, 11) is 0. The molecule has 1 aliphatic carbocycles. The van der Waals surface area contributed by atoms with Crippen LogP contribution >= 0.6 is 0 Å². The number of ether oxygens (including phenoxy) is 2. The van der Waals surface area contributed by atoms with Gasteiger partial charge in [0.15, 0.2) is 6.61 Å². The van der Waals surface area contributed by atoms with Crippen molar-refractivity contribution in [3.63, 3.8) is 0 Å². The Kier molecular flexibility index (Phi) is 4.97. The summed E-state index contributed by atoms with van der Waals surface area (Å²) in [6.45, 7) is 3.30. The number of aryl methyl sites for hydroxylation is 4. The predicted molar refractivity (Wildman–Crippen MR) is 116 cm³/mol. The fourth-order valence-electron chi connectivity index (χ4n) is 4.05. The fraction of sp³-hybridized carbons (Fsp3) is 0.250. The van der Waals surface area contributed by atoms with Crippen molar-refractivity contribution in [1.82, 2.24) is 15.0 Å². The molecule has 0 saturated carbocycles. The van der Waals surface area contributed by atoms with E-state index in [1.807, 2.05) is 38.1 Å². The molecule has 162 valence electrons. The summed E-state index contributed by atoms with van der Waals surface area (Å²) in [6.07, 6.45) is 4.93. The highest BCUT2D eigenvalue weighted by Crippen LogP contribution is 2.32. The van der Waals surface area contributed by atoms with E-state index in [0.29, 0.717) is 28.6 Å². The first kappa shape index (κ1) is 20.0. The maximum atomic E-state index is 10.8. The maximum Gasteiger partial charge on any atom is 0.341 e. The van der Waals surface area contributed by atoms with Gasteiger partial charge in [0.2, 0.25) is 5.89 Å². The normalized spacial score (nSPS) is 12.7. The summed E-state index contributed by atoms with van der Waals surface area (Å²) in [5, 5.41) is 8.85. The lowest BCUT2D eigenvalue weighted by Crippen LogP contribution is -2.10. The molecule has 1 N–H and O–H groups in total. The van der Waals surface area contributed by atoms with Crippen molar-refractivity contribution in [2.24, 2.45) is 0 Å².